The topological polar surface area (TPSA) is 80.9 Å². The van der Waals surface area contributed by atoms with Crippen LogP contribution in [0.5, 0.6) is 0 Å². The number of hydrogen-bond donors (Lipinski definition) is 2. The number of carbonyl (C=O) groups excluding carboxylic acids is 1. The van der Waals surface area contributed by atoms with Crippen LogP contribution in [0.4, 0.5) is 0 Å². The zero-order valence-electron chi connectivity index (χ0n) is 10.4. The SMILES string of the molecule is NNC(=O)c1ccc2nc3c(nc2c1)[C@@H]1CC[C@H]3C1. The molecule has 5 heteroatoms. The second-order valence-electron chi connectivity index (χ2n) is 5.38. The van der Waals surface area contributed by atoms with Gasteiger partial charge in [-0.15, -0.1) is 0 Å². The second kappa shape index (κ2) is 3.74. The molecule has 19 heavy (non-hydrogen) atoms. The molecule has 0 saturated heterocycles. The molecule has 0 unspecified atom stereocenters. The van der Waals surface area contributed by atoms with Gasteiger partial charge in [0.2, 0.25) is 0 Å². The number of nitrogens with two attached hydrogens (primary N) is 1. The fourth-order valence-electron chi connectivity index (χ4n) is 3.39. The van der Waals surface area contributed by atoms with Crippen molar-refractivity contribution in [2.75, 3.05) is 0 Å². The fraction of sp³-hybridized carbons (Fsp3) is 0.357. The Morgan fingerprint density at radius 3 is 2.53 bits per heavy atom. The van der Waals surface area contributed by atoms with Crippen molar-refractivity contribution in [1.29, 1.82) is 0 Å². The van der Waals surface area contributed by atoms with Crippen molar-refractivity contribution in [1.82, 2.24) is 15.4 Å². The molecule has 2 aromatic rings. The van der Waals surface area contributed by atoms with Crippen LogP contribution in [0.25, 0.3) is 11.0 Å². The minimum absolute atomic E-state index is 0.300. The normalized spacial score (nSPS) is 23.6. The Bertz CT molecular complexity index is 697. The third-order valence-corrected chi connectivity index (χ3v) is 4.32. The molecule has 3 N–H and O–H groups in total. The molecule has 2 bridgehead atoms. The van der Waals surface area contributed by atoms with Crippen LogP contribution in [0, 0.1) is 0 Å². The van der Waals surface area contributed by atoms with Crippen molar-refractivity contribution in [2.45, 2.75) is 31.1 Å². The van der Waals surface area contributed by atoms with Crippen molar-refractivity contribution in [3.8, 4) is 0 Å². The molecule has 5 nitrogen and oxygen atoms in total. The highest BCUT2D eigenvalue weighted by molar-refractivity contribution is 5.96. The molecule has 1 fully saturated rings. The number of nitrogens with zero attached hydrogens (tertiary/aromatic N) is 2. The van der Waals surface area contributed by atoms with Gasteiger partial charge in [0.1, 0.15) is 0 Å². The molecule has 1 aromatic carbocycles. The standard InChI is InChI=1S/C14H14N4O/c15-18-14(19)9-3-4-10-11(6-9)17-13-8-2-1-7(5-8)12(13)16-10/h3-4,6-8H,1-2,5,15H2,(H,18,19)/t7-,8+/m0/s1. The minimum atomic E-state index is -0.300. The largest absolute Gasteiger partial charge is 0.290 e. The van der Waals surface area contributed by atoms with Gasteiger partial charge >= 0.3 is 0 Å². The quantitative estimate of drug-likeness (QED) is 0.460. The zero-order valence-corrected chi connectivity index (χ0v) is 10.4. The summed E-state index contributed by atoms with van der Waals surface area (Å²) in [5, 5.41) is 0. The van der Waals surface area contributed by atoms with E-state index in [1.807, 2.05) is 6.07 Å². The van der Waals surface area contributed by atoms with Crippen LogP contribution >= 0.6 is 0 Å². The van der Waals surface area contributed by atoms with Crippen LogP contribution in [-0.2, 0) is 0 Å². The molecule has 0 spiro atoms. The van der Waals surface area contributed by atoms with Crippen LogP contribution in [0.15, 0.2) is 18.2 Å². The summed E-state index contributed by atoms with van der Waals surface area (Å²) < 4.78 is 0. The van der Waals surface area contributed by atoms with Crippen molar-refractivity contribution < 1.29 is 4.79 Å². The maximum Gasteiger partial charge on any atom is 0.265 e. The number of fused-ring (bicyclic) bond motifs is 6. The summed E-state index contributed by atoms with van der Waals surface area (Å²) in [6, 6.07) is 5.34. The molecule has 1 saturated carbocycles. The maximum atomic E-state index is 11.5. The number of nitrogens with one attached hydrogen (secondary N) is 1. The monoisotopic (exact) mass is 254 g/mol. The molecule has 2 aliphatic rings. The molecule has 2 atom stereocenters. The fourth-order valence-corrected chi connectivity index (χ4v) is 3.39. The number of hydrazine groups is 1. The molecule has 1 heterocycles. The van der Waals surface area contributed by atoms with E-state index >= 15 is 0 Å². The average molecular weight is 254 g/mol. The lowest BCUT2D eigenvalue weighted by atomic mass is 10.00. The molecule has 0 aliphatic heterocycles. The van der Waals surface area contributed by atoms with Crippen LogP contribution in [0.2, 0.25) is 0 Å². The first-order chi connectivity index (χ1) is 9.26. The Kier molecular flexibility index (Phi) is 2.14. The van der Waals surface area contributed by atoms with E-state index in [9.17, 15) is 4.79 Å². The van der Waals surface area contributed by atoms with Gasteiger partial charge in [0.25, 0.3) is 5.91 Å². The minimum Gasteiger partial charge on any atom is -0.290 e. The summed E-state index contributed by atoms with van der Waals surface area (Å²) >= 11 is 0. The van der Waals surface area contributed by atoms with E-state index in [-0.39, 0.29) is 5.91 Å². The van der Waals surface area contributed by atoms with Gasteiger partial charge in [-0.1, -0.05) is 0 Å². The lowest BCUT2D eigenvalue weighted by Crippen LogP contribution is -2.29. The molecule has 1 aromatic heterocycles. The first kappa shape index (κ1) is 10.9. The molecule has 4 rings (SSSR count). The summed E-state index contributed by atoms with van der Waals surface area (Å²) in [4.78, 5) is 21.0. The lowest BCUT2D eigenvalue weighted by molar-refractivity contribution is 0.0954. The van der Waals surface area contributed by atoms with E-state index in [1.54, 1.807) is 12.1 Å². The summed E-state index contributed by atoms with van der Waals surface area (Å²) in [6.45, 7) is 0. The van der Waals surface area contributed by atoms with Crippen LogP contribution in [0.1, 0.15) is 52.8 Å². The van der Waals surface area contributed by atoms with Crippen LogP contribution in [0.3, 0.4) is 0 Å². The van der Waals surface area contributed by atoms with E-state index in [0.29, 0.717) is 17.4 Å². The number of aromatic nitrogens is 2. The van der Waals surface area contributed by atoms with Crippen molar-refractivity contribution >= 4 is 16.9 Å². The zero-order chi connectivity index (χ0) is 13.0. The predicted molar refractivity (Wildman–Crippen MR) is 70.5 cm³/mol. The van der Waals surface area contributed by atoms with Gasteiger partial charge in [-0.2, -0.15) is 0 Å². The number of carbonyl (C=O) groups is 1. The van der Waals surface area contributed by atoms with E-state index in [2.05, 4.69) is 5.43 Å². The molecular formula is C14H14N4O. The number of rotatable bonds is 1. The number of nitrogen functional groups attached to an aromatic ring is 1. The molecule has 2 aliphatic carbocycles. The first-order valence-corrected chi connectivity index (χ1v) is 6.59. The van der Waals surface area contributed by atoms with E-state index < -0.39 is 0 Å². The predicted octanol–water partition coefficient (Wildman–Crippen LogP) is 1.60. The molecule has 0 radical (unpaired) electrons. The van der Waals surface area contributed by atoms with Gasteiger partial charge in [-0.25, -0.2) is 15.8 Å². The van der Waals surface area contributed by atoms with E-state index in [0.717, 1.165) is 16.7 Å². The summed E-state index contributed by atoms with van der Waals surface area (Å²) in [5.41, 5.74) is 6.63. The second-order valence-corrected chi connectivity index (χ2v) is 5.38. The maximum absolute atomic E-state index is 11.5. The Morgan fingerprint density at radius 2 is 1.84 bits per heavy atom. The van der Waals surface area contributed by atoms with Gasteiger partial charge < -0.3 is 0 Å². The number of benzene rings is 1. The Labute approximate surface area is 110 Å². The van der Waals surface area contributed by atoms with Gasteiger partial charge in [0, 0.05) is 17.4 Å². The van der Waals surface area contributed by atoms with Crippen molar-refractivity contribution in [3.05, 3.63) is 35.2 Å². The van der Waals surface area contributed by atoms with E-state index in [4.69, 9.17) is 15.8 Å². The van der Waals surface area contributed by atoms with E-state index in [1.165, 1.54) is 25.0 Å². The smallest absolute Gasteiger partial charge is 0.265 e. The molecule has 96 valence electrons. The summed E-state index contributed by atoms with van der Waals surface area (Å²) in [5.74, 6) is 6.03. The Hall–Kier alpha value is -2.01. The lowest BCUT2D eigenvalue weighted by Gasteiger charge is -2.14. The third-order valence-electron chi connectivity index (χ3n) is 4.32. The molecule has 1 amide bonds. The number of amides is 1. The van der Waals surface area contributed by atoms with Crippen molar-refractivity contribution in [2.24, 2.45) is 5.84 Å². The van der Waals surface area contributed by atoms with Gasteiger partial charge in [-0.3, -0.25) is 10.2 Å². The average Bonchev–Trinajstić information content (AvgIpc) is 3.05. The van der Waals surface area contributed by atoms with Gasteiger partial charge in [0.05, 0.1) is 22.4 Å². The first-order valence-electron chi connectivity index (χ1n) is 6.59. The number of hydrogen-bond acceptors (Lipinski definition) is 4. The highest BCUT2D eigenvalue weighted by Gasteiger charge is 2.39. The van der Waals surface area contributed by atoms with Crippen LogP contribution < -0.4 is 11.3 Å². The Morgan fingerprint density at radius 1 is 1.16 bits per heavy atom. The Balaban J connectivity index is 1.89. The van der Waals surface area contributed by atoms with Crippen LogP contribution in [-0.4, -0.2) is 15.9 Å². The summed E-state index contributed by atoms with van der Waals surface area (Å²) in [6.07, 6.45) is 3.66. The summed E-state index contributed by atoms with van der Waals surface area (Å²) in [7, 11) is 0. The highest BCUT2D eigenvalue weighted by atomic mass is 16.2. The van der Waals surface area contributed by atoms with Crippen molar-refractivity contribution in [3.63, 3.8) is 0 Å². The van der Waals surface area contributed by atoms with Gasteiger partial charge in [0.15, 0.2) is 0 Å². The highest BCUT2D eigenvalue weighted by Crippen LogP contribution is 2.51. The van der Waals surface area contributed by atoms with Gasteiger partial charge in [-0.05, 0) is 37.5 Å². The molecular weight excluding hydrogens is 240 g/mol. The third kappa shape index (κ3) is 1.48.